The van der Waals surface area contributed by atoms with Crippen LogP contribution in [0.3, 0.4) is 0 Å². The van der Waals surface area contributed by atoms with E-state index in [2.05, 4.69) is 96.6 Å². The molecule has 1 N–H and O–H groups in total. The van der Waals surface area contributed by atoms with Crippen molar-refractivity contribution in [2.75, 3.05) is 0 Å². The Balaban J connectivity index is 1.79. The number of thiophene rings is 1. The predicted molar refractivity (Wildman–Crippen MR) is 143 cm³/mol. The number of aromatic nitrogens is 5. The van der Waals surface area contributed by atoms with E-state index in [0.29, 0.717) is 6.54 Å². The predicted octanol–water partition coefficient (Wildman–Crippen LogP) is 5.88. The van der Waals surface area contributed by atoms with Crippen molar-refractivity contribution < 1.29 is 0 Å². The lowest BCUT2D eigenvalue weighted by atomic mass is 10.0. The first-order valence-electron chi connectivity index (χ1n) is 12.4. The molecule has 0 radical (unpaired) electrons. The molecule has 4 aromatic rings. The molecule has 4 rings (SSSR count). The van der Waals surface area contributed by atoms with Crippen molar-refractivity contribution >= 4 is 22.2 Å². The van der Waals surface area contributed by atoms with Crippen LogP contribution in [0.2, 0.25) is 0 Å². The van der Waals surface area contributed by atoms with Gasteiger partial charge in [-0.05, 0) is 85.7 Å². The summed E-state index contributed by atoms with van der Waals surface area (Å²) in [5.41, 5.74) is 3.72. The molecule has 3 aromatic heterocycles. The van der Waals surface area contributed by atoms with Crippen LogP contribution in [0, 0.1) is 13.8 Å². The molecule has 0 fully saturated rings. The number of tetrazole rings is 1. The lowest BCUT2D eigenvalue weighted by Crippen LogP contribution is -2.36. The van der Waals surface area contributed by atoms with Crippen molar-refractivity contribution in [3.63, 3.8) is 0 Å². The number of aryl methyl sites for hydroxylation is 2. The van der Waals surface area contributed by atoms with Gasteiger partial charge in [0, 0.05) is 34.4 Å². The number of fused-ring (bicyclic) bond motifs is 1. The fourth-order valence-electron chi connectivity index (χ4n) is 4.66. The van der Waals surface area contributed by atoms with Gasteiger partial charge in [0.2, 0.25) is 0 Å². The average molecular weight is 493 g/mol. The quantitative estimate of drug-likeness (QED) is 0.299. The van der Waals surface area contributed by atoms with Crippen LogP contribution in [-0.2, 0) is 18.6 Å². The van der Waals surface area contributed by atoms with Gasteiger partial charge in [0.05, 0.1) is 11.6 Å². The fraction of sp³-hybridized carbons (Fsp3) is 0.481. The molecule has 0 aliphatic rings. The van der Waals surface area contributed by atoms with E-state index in [1.165, 1.54) is 10.4 Å². The molecular weight excluding hydrogens is 456 g/mol. The zero-order chi connectivity index (χ0) is 25.2. The maximum absolute atomic E-state index is 13.2. The lowest BCUT2D eigenvalue weighted by molar-refractivity contribution is 0.147. The second-order valence-corrected chi connectivity index (χ2v) is 11.1. The number of pyridine rings is 1. The van der Waals surface area contributed by atoms with E-state index in [9.17, 15) is 4.79 Å². The van der Waals surface area contributed by atoms with Crippen LogP contribution in [0.15, 0.2) is 40.5 Å². The van der Waals surface area contributed by atoms with Crippen molar-refractivity contribution in [2.24, 2.45) is 0 Å². The summed E-state index contributed by atoms with van der Waals surface area (Å²) in [6.07, 6.45) is 2.80. The van der Waals surface area contributed by atoms with Gasteiger partial charge in [0.1, 0.15) is 0 Å². The maximum atomic E-state index is 13.2. The van der Waals surface area contributed by atoms with Gasteiger partial charge in [-0.3, -0.25) is 9.69 Å². The highest BCUT2D eigenvalue weighted by molar-refractivity contribution is 7.09. The molecule has 1 unspecified atom stereocenters. The number of rotatable bonds is 10. The number of nitrogens with one attached hydrogen (secondary N) is 1. The molecule has 3 heterocycles. The monoisotopic (exact) mass is 492 g/mol. The third-order valence-electron chi connectivity index (χ3n) is 6.94. The Kier molecular flexibility index (Phi) is 7.52. The summed E-state index contributed by atoms with van der Waals surface area (Å²) < 4.78 is 1.98. The van der Waals surface area contributed by atoms with Crippen molar-refractivity contribution in [3.8, 4) is 0 Å². The van der Waals surface area contributed by atoms with E-state index in [1.807, 2.05) is 10.7 Å². The van der Waals surface area contributed by atoms with Crippen molar-refractivity contribution in [3.05, 3.63) is 73.5 Å². The van der Waals surface area contributed by atoms with Crippen molar-refractivity contribution in [1.29, 1.82) is 0 Å². The van der Waals surface area contributed by atoms with Gasteiger partial charge < -0.3 is 4.98 Å². The largest absolute Gasteiger partial charge is 0.322 e. The van der Waals surface area contributed by atoms with Gasteiger partial charge in [-0.15, -0.1) is 16.4 Å². The summed E-state index contributed by atoms with van der Waals surface area (Å²) in [6, 6.07) is 10.5. The highest BCUT2D eigenvalue weighted by Gasteiger charge is 2.31. The number of hydrogen-bond acceptors (Lipinski definition) is 6. The summed E-state index contributed by atoms with van der Waals surface area (Å²) in [5.74, 6) is 0.860. The summed E-state index contributed by atoms with van der Waals surface area (Å²) in [7, 11) is 0. The molecule has 7 nitrogen and oxygen atoms in total. The normalized spacial score (nSPS) is 13.1. The minimum absolute atomic E-state index is 0.0165. The molecule has 0 saturated carbocycles. The van der Waals surface area contributed by atoms with Gasteiger partial charge in [0.15, 0.2) is 5.82 Å². The van der Waals surface area contributed by atoms with Crippen LogP contribution >= 0.6 is 11.3 Å². The summed E-state index contributed by atoms with van der Waals surface area (Å²) in [5, 5.41) is 16.2. The van der Waals surface area contributed by atoms with Crippen LogP contribution in [0.5, 0.6) is 0 Å². The topological polar surface area (TPSA) is 79.7 Å². The second kappa shape index (κ2) is 10.4. The Morgan fingerprint density at radius 1 is 1.17 bits per heavy atom. The molecule has 1 aromatic carbocycles. The third kappa shape index (κ3) is 5.38. The zero-order valence-corrected chi connectivity index (χ0v) is 22.4. The van der Waals surface area contributed by atoms with Crippen molar-refractivity contribution in [1.82, 2.24) is 30.1 Å². The molecular formula is C27H36N6OS. The molecule has 35 heavy (non-hydrogen) atoms. The SMILES string of the molecule is CCCC(c1nnnn1C(C)(C)CC)N(Cc1cccs1)Cc1cc2c(C)cc(C)cc2[nH]c1=O. The number of aromatic amines is 1. The van der Waals surface area contributed by atoms with Gasteiger partial charge in [0.25, 0.3) is 5.56 Å². The smallest absolute Gasteiger partial charge is 0.252 e. The van der Waals surface area contributed by atoms with Crippen molar-refractivity contribution in [2.45, 2.75) is 85.5 Å². The van der Waals surface area contributed by atoms with E-state index in [4.69, 9.17) is 0 Å². The molecule has 186 valence electrons. The zero-order valence-electron chi connectivity index (χ0n) is 21.6. The molecule has 0 aliphatic heterocycles. The van der Waals surface area contributed by atoms with Gasteiger partial charge >= 0.3 is 0 Å². The molecule has 0 aliphatic carbocycles. The minimum atomic E-state index is -0.200. The van der Waals surface area contributed by atoms with E-state index >= 15 is 0 Å². The van der Waals surface area contributed by atoms with Crippen LogP contribution in [0.4, 0.5) is 0 Å². The van der Waals surface area contributed by atoms with Crippen LogP contribution in [-0.4, -0.2) is 30.1 Å². The summed E-state index contributed by atoms with van der Waals surface area (Å²) >= 11 is 1.73. The third-order valence-corrected chi connectivity index (χ3v) is 7.80. The number of hydrogen-bond donors (Lipinski definition) is 1. The summed E-state index contributed by atoms with van der Waals surface area (Å²) in [4.78, 5) is 20.0. The Labute approximate surface area is 211 Å². The Bertz CT molecular complexity index is 1340. The minimum Gasteiger partial charge on any atom is -0.322 e. The van der Waals surface area contributed by atoms with Crippen LogP contribution in [0.1, 0.15) is 80.4 Å². The maximum Gasteiger partial charge on any atom is 0.252 e. The number of nitrogens with zero attached hydrogens (tertiary/aromatic N) is 5. The first-order valence-corrected chi connectivity index (χ1v) is 13.3. The molecule has 0 bridgehead atoms. The van der Waals surface area contributed by atoms with E-state index < -0.39 is 0 Å². The lowest BCUT2D eigenvalue weighted by Gasteiger charge is -2.33. The van der Waals surface area contributed by atoms with Gasteiger partial charge in [-0.2, -0.15) is 0 Å². The fourth-order valence-corrected chi connectivity index (χ4v) is 5.39. The first-order chi connectivity index (χ1) is 16.7. The number of benzene rings is 1. The Morgan fingerprint density at radius 2 is 1.97 bits per heavy atom. The molecule has 8 heteroatoms. The Morgan fingerprint density at radius 3 is 2.66 bits per heavy atom. The first kappa shape index (κ1) is 25.3. The van der Waals surface area contributed by atoms with Gasteiger partial charge in [-0.25, -0.2) is 4.68 Å². The molecule has 1 atom stereocenters. The highest BCUT2D eigenvalue weighted by Crippen LogP contribution is 2.32. The second-order valence-electron chi connectivity index (χ2n) is 10.1. The van der Waals surface area contributed by atoms with Crippen LogP contribution < -0.4 is 5.56 Å². The molecule has 0 saturated heterocycles. The highest BCUT2D eigenvalue weighted by atomic mass is 32.1. The molecule has 0 spiro atoms. The standard InChI is InChI=1S/C27H36N6OS/c1-7-10-24(25-29-30-31-33(25)27(5,6)8-2)32(17-21-11-9-12-35-21)16-20-15-22-19(4)13-18(3)14-23(22)28-26(20)34/h9,11-15,24H,7-8,10,16-17H2,1-6H3,(H,28,34). The van der Waals surface area contributed by atoms with E-state index in [1.54, 1.807) is 11.3 Å². The van der Waals surface area contributed by atoms with Gasteiger partial charge in [-0.1, -0.05) is 32.4 Å². The Hall–Kier alpha value is -2.84. The van der Waals surface area contributed by atoms with E-state index in [-0.39, 0.29) is 17.1 Å². The van der Waals surface area contributed by atoms with E-state index in [0.717, 1.165) is 53.7 Å². The average Bonchev–Trinajstić information content (AvgIpc) is 3.50. The number of H-pyrrole nitrogens is 1. The summed E-state index contributed by atoms with van der Waals surface area (Å²) in [6.45, 7) is 14.1. The molecule has 0 amide bonds. The van der Waals surface area contributed by atoms with Crippen LogP contribution in [0.25, 0.3) is 10.9 Å².